The van der Waals surface area contributed by atoms with E-state index in [4.69, 9.17) is 14.8 Å². The van der Waals surface area contributed by atoms with Crippen molar-refractivity contribution in [2.24, 2.45) is 7.05 Å². The van der Waals surface area contributed by atoms with Crippen LogP contribution in [0.4, 0.5) is 5.82 Å². The first kappa shape index (κ1) is 21.1. The molecule has 31 heavy (non-hydrogen) atoms. The molecule has 5 rings (SSSR count). The lowest BCUT2D eigenvalue weighted by atomic mass is 9.96. The van der Waals surface area contributed by atoms with Crippen molar-refractivity contribution in [2.45, 2.75) is 18.8 Å². The first-order valence-corrected chi connectivity index (χ1v) is 12.1. The van der Waals surface area contributed by atoms with Gasteiger partial charge in [-0.05, 0) is 42.0 Å². The van der Waals surface area contributed by atoms with E-state index in [0.29, 0.717) is 5.92 Å². The number of anilines is 1. The van der Waals surface area contributed by atoms with Gasteiger partial charge in [0.1, 0.15) is 5.82 Å². The number of fused-ring (bicyclic) bond motifs is 1. The molecule has 1 unspecified atom stereocenters. The SMILES string of the molecule is Cn1cc(-c2cnn3c(NCCN4CCOCC4)c(I)c(C4CCCNC4)nc23)cn1. The Labute approximate surface area is 195 Å². The van der Waals surface area contributed by atoms with E-state index in [9.17, 15) is 0 Å². The Morgan fingerprint density at radius 2 is 2.13 bits per heavy atom. The number of piperidine rings is 1. The Bertz CT molecular complexity index is 1040. The zero-order valence-corrected chi connectivity index (χ0v) is 20.0. The topological polar surface area (TPSA) is 84.5 Å². The highest BCUT2D eigenvalue weighted by molar-refractivity contribution is 14.1. The molecule has 0 amide bonds. The minimum Gasteiger partial charge on any atom is -0.379 e. The van der Waals surface area contributed by atoms with E-state index < -0.39 is 0 Å². The highest BCUT2D eigenvalue weighted by Crippen LogP contribution is 2.34. The second-order valence-corrected chi connectivity index (χ2v) is 9.36. The zero-order valence-electron chi connectivity index (χ0n) is 17.8. The van der Waals surface area contributed by atoms with E-state index in [0.717, 1.165) is 81.5 Å². The van der Waals surface area contributed by atoms with Gasteiger partial charge >= 0.3 is 0 Å². The van der Waals surface area contributed by atoms with Crippen molar-refractivity contribution in [3.05, 3.63) is 27.9 Å². The third-order valence-electron chi connectivity index (χ3n) is 6.14. The molecule has 0 saturated carbocycles. The molecule has 0 spiro atoms. The fourth-order valence-corrected chi connectivity index (χ4v) is 5.40. The third kappa shape index (κ3) is 4.43. The molecule has 0 aromatic carbocycles. The maximum absolute atomic E-state index is 5.47. The minimum absolute atomic E-state index is 0.419. The zero-order chi connectivity index (χ0) is 21.2. The van der Waals surface area contributed by atoms with E-state index in [-0.39, 0.29) is 0 Å². The van der Waals surface area contributed by atoms with E-state index in [1.165, 1.54) is 15.7 Å². The number of aromatic nitrogens is 5. The molecule has 3 aromatic rings. The van der Waals surface area contributed by atoms with Crippen molar-refractivity contribution in [2.75, 3.05) is 57.8 Å². The molecule has 0 bridgehead atoms. The monoisotopic (exact) mass is 536 g/mol. The molecule has 10 heteroatoms. The van der Waals surface area contributed by atoms with Gasteiger partial charge in [-0.3, -0.25) is 9.58 Å². The van der Waals surface area contributed by atoms with Gasteiger partial charge in [-0.15, -0.1) is 0 Å². The lowest BCUT2D eigenvalue weighted by Crippen LogP contribution is -2.39. The molecule has 2 saturated heterocycles. The first-order valence-electron chi connectivity index (χ1n) is 11.0. The summed E-state index contributed by atoms with van der Waals surface area (Å²) in [7, 11) is 1.93. The van der Waals surface area contributed by atoms with Crippen molar-refractivity contribution in [3.63, 3.8) is 0 Å². The van der Waals surface area contributed by atoms with Crippen LogP contribution in [-0.2, 0) is 11.8 Å². The van der Waals surface area contributed by atoms with Gasteiger partial charge in [-0.25, -0.2) is 4.98 Å². The van der Waals surface area contributed by atoms with Crippen molar-refractivity contribution in [1.82, 2.24) is 34.6 Å². The Hall–Kier alpha value is -1.76. The molecule has 9 nitrogen and oxygen atoms in total. The van der Waals surface area contributed by atoms with Crippen LogP contribution in [-0.4, -0.2) is 81.8 Å². The van der Waals surface area contributed by atoms with E-state index in [1.807, 2.05) is 34.8 Å². The summed E-state index contributed by atoms with van der Waals surface area (Å²) >= 11 is 2.45. The molecule has 3 aromatic heterocycles. The Kier molecular flexibility index (Phi) is 6.39. The summed E-state index contributed by atoms with van der Waals surface area (Å²) in [5.74, 6) is 1.46. The summed E-state index contributed by atoms with van der Waals surface area (Å²) < 4.78 is 10.4. The van der Waals surface area contributed by atoms with Crippen LogP contribution in [0.3, 0.4) is 0 Å². The van der Waals surface area contributed by atoms with Gasteiger partial charge < -0.3 is 15.4 Å². The normalized spacial score (nSPS) is 20.4. The second kappa shape index (κ2) is 9.39. The van der Waals surface area contributed by atoms with Crippen LogP contribution in [0.15, 0.2) is 18.6 Å². The molecule has 166 valence electrons. The van der Waals surface area contributed by atoms with Gasteiger partial charge in [0, 0.05) is 63.0 Å². The molecular formula is C21H29IN8O. The van der Waals surface area contributed by atoms with Crippen LogP contribution in [0.1, 0.15) is 24.5 Å². The maximum Gasteiger partial charge on any atom is 0.165 e. The molecule has 2 aliphatic rings. The Morgan fingerprint density at radius 3 is 2.87 bits per heavy atom. The summed E-state index contributed by atoms with van der Waals surface area (Å²) in [6.45, 7) is 7.55. The fourth-order valence-electron chi connectivity index (χ4n) is 4.42. The molecular weight excluding hydrogens is 507 g/mol. The molecule has 2 N–H and O–H groups in total. The Balaban J connectivity index is 1.50. The molecule has 0 aliphatic carbocycles. The molecule has 0 radical (unpaired) electrons. The summed E-state index contributed by atoms with van der Waals surface area (Å²) in [5.41, 5.74) is 4.12. The lowest BCUT2D eigenvalue weighted by molar-refractivity contribution is 0.0398. The highest BCUT2D eigenvalue weighted by atomic mass is 127. The number of nitrogens with one attached hydrogen (secondary N) is 2. The summed E-state index contributed by atoms with van der Waals surface area (Å²) in [6, 6.07) is 0. The maximum atomic E-state index is 5.47. The number of morpholine rings is 1. The second-order valence-electron chi connectivity index (χ2n) is 8.28. The molecule has 5 heterocycles. The van der Waals surface area contributed by atoms with Gasteiger partial charge in [0.05, 0.1) is 34.9 Å². The van der Waals surface area contributed by atoms with Crippen molar-refractivity contribution in [3.8, 4) is 11.1 Å². The van der Waals surface area contributed by atoms with E-state index in [2.05, 4.69) is 43.2 Å². The van der Waals surface area contributed by atoms with E-state index in [1.54, 1.807) is 0 Å². The number of halogens is 1. The van der Waals surface area contributed by atoms with Crippen LogP contribution in [0, 0.1) is 3.57 Å². The quantitative estimate of drug-likeness (QED) is 0.466. The van der Waals surface area contributed by atoms with Crippen LogP contribution in [0.5, 0.6) is 0 Å². The minimum atomic E-state index is 0.419. The number of hydrogen-bond donors (Lipinski definition) is 2. The number of nitrogens with zero attached hydrogens (tertiary/aromatic N) is 6. The van der Waals surface area contributed by atoms with Crippen molar-refractivity contribution >= 4 is 34.1 Å². The van der Waals surface area contributed by atoms with Crippen LogP contribution < -0.4 is 10.6 Å². The van der Waals surface area contributed by atoms with Gasteiger partial charge in [0.15, 0.2) is 5.65 Å². The van der Waals surface area contributed by atoms with Crippen molar-refractivity contribution < 1.29 is 4.74 Å². The molecule has 2 aliphatic heterocycles. The predicted molar refractivity (Wildman–Crippen MR) is 128 cm³/mol. The van der Waals surface area contributed by atoms with Crippen molar-refractivity contribution in [1.29, 1.82) is 0 Å². The Morgan fingerprint density at radius 1 is 1.26 bits per heavy atom. The lowest BCUT2D eigenvalue weighted by Gasteiger charge is -2.27. The van der Waals surface area contributed by atoms with Gasteiger partial charge in [0.25, 0.3) is 0 Å². The smallest absolute Gasteiger partial charge is 0.165 e. The third-order valence-corrected chi connectivity index (χ3v) is 7.20. The summed E-state index contributed by atoms with van der Waals surface area (Å²) in [5, 5.41) is 16.3. The predicted octanol–water partition coefficient (Wildman–Crippen LogP) is 1.95. The van der Waals surface area contributed by atoms with Crippen LogP contribution in [0.2, 0.25) is 0 Å². The van der Waals surface area contributed by atoms with Gasteiger partial charge in [-0.1, -0.05) is 0 Å². The summed E-state index contributed by atoms with van der Waals surface area (Å²) in [6.07, 6.45) is 8.15. The number of aryl methyl sites for hydroxylation is 1. The van der Waals surface area contributed by atoms with E-state index >= 15 is 0 Å². The largest absolute Gasteiger partial charge is 0.379 e. The average Bonchev–Trinajstić information content (AvgIpc) is 3.42. The van der Waals surface area contributed by atoms with Gasteiger partial charge in [-0.2, -0.15) is 14.7 Å². The fraction of sp³-hybridized carbons (Fsp3) is 0.571. The molecule has 1 atom stereocenters. The standard InChI is InChI=1S/C21H29IN8O/c1-28-14-16(12-25-28)17-13-26-30-20(17)27-19(15-3-2-4-23-11-15)18(22)21(30)24-5-6-29-7-9-31-10-8-29/h12-15,23-24H,2-11H2,1H3. The van der Waals surface area contributed by atoms with Crippen LogP contribution in [0.25, 0.3) is 16.8 Å². The van der Waals surface area contributed by atoms with Gasteiger partial charge in [0.2, 0.25) is 0 Å². The summed E-state index contributed by atoms with van der Waals surface area (Å²) in [4.78, 5) is 7.59. The molecule has 2 fully saturated rings. The first-order chi connectivity index (χ1) is 15.2. The highest BCUT2D eigenvalue weighted by Gasteiger charge is 2.25. The number of ether oxygens (including phenoxy) is 1. The van der Waals surface area contributed by atoms with Crippen LogP contribution >= 0.6 is 22.6 Å². The average molecular weight is 536 g/mol. The number of rotatable bonds is 6. The number of hydrogen-bond acceptors (Lipinski definition) is 7.